The molecule has 0 aliphatic heterocycles. The van der Waals surface area contributed by atoms with Crippen molar-refractivity contribution in [1.82, 2.24) is 0 Å². The molecule has 0 rings (SSSR count). The quantitative estimate of drug-likeness (QED) is 0.373. The van der Waals surface area contributed by atoms with Gasteiger partial charge in [0, 0.05) is 6.08 Å². The van der Waals surface area contributed by atoms with Gasteiger partial charge in [-0.05, 0) is 6.92 Å². The number of rotatable bonds is 1. The van der Waals surface area contributed by atoms with Crippen molar-refractivity contribution in [2.45, 2.75) is 6.92 Å². The second-order valence-electron chi connectivity index (χ2n) is 0.937. The largest absolute Gasteiger partial charge is 0.370 e. The third kappa shape index (κ3) is 2.99. The third-order valence-corrected chi connectivity index (χ3v) is 0.419. The lowest BCUT2D eigenvalue weighted by Crippen LogP contribution is -2.05. The molecule has 0 aromatic heterocycles. The van der Waals surface area contributed by atoms with Crippen LogP contribution in [0.25, 0.3) is 0 Å². The normalized spacial score (nSPS) is 9.43. The molecule has 3 nitrogen and oxygen atoms in total. The van der Waals surface area contributed by atoms with Crippen molar-refractivity contribution in [2.24, 2.45) is 5.90 Å². The molecule has 0 aromatic carbocycles. The Kier molecular flexibility index (Phi) is 2.96. The minimum atomic E-state index is -0.525. The molecule has 0 aromatic rings. The molecule has 0 aliphatic rings. The summed E-state index contributed by atoms with van der Waals surface area (Å²) in [6.45, 7) is 1.71. The molecular formula is C4H7NO2. The van der Waals surface area contributed by atoms with Gasteiger partial charge in [-0.25, -0.2) is 4.79 Å². The summed E-state index contributed by atoms with van der Waals surface area (Å²) in [5, 5.41) is 0. The van der Waals surface area contributed by atoms with Crippen molar-refractivity contribution >= 4 is 5.97 Å². The Hall–Kier alpha value is -0.830. The Morgan fingerprint density at radius 3 is 2.57 bits per heavy atom. The van der Waals surface area contributed by atoms with Gasteiger partial charge >= 0.3 is 5.97 Å². The van der Waals surface area contributed by atoms with Gasteiger partial charge in [-0.3, -0.25) is 0 Å². The van der Waals surface area contributed by atoms with Crippen LogP contribution in [0.5, 0.6) is 0 Å². The molecule has 0 fully saturated rings. The topological polar surface area (TPSA) is 52.3 Å². The van der Waals surface area contributed by atoms with Crippen molar-refractivity contribution in [1.29, 1.82) is 0 Å². The molecule has 0 bridgehead atoms. The Balaban J connectivity index is 3.37. The summed E-state index contributed by atoms with van der Waals surface area (Å²) in [6, 6.07) is 0. The fourth-order valence-corrected chi connectivity index (χ4v) is 0.175. The van der Waals surface area contributed by atoms with Gasteiger partial charge in [-0.15, -0.1) is 0 Å². The highest BCUT2D eigenvalue weighted by Crippen LogP contribution is 1.71. The Labute approximate surface area is 41.7 Å². The maximum Gasteiger partial charge on any atom is 0.348 e. The maximum absolute atomic E-state index is 9.98. The molecule has 0 radical (unpaired) electrons. The Morgan fingerprint density at radius 1 is 1.86 bits per heavy atom. The number of hydrogen-bond acceptors (Lipinski definition) is 3. The van der Waals surface area contributed by atoms with Crippen molar-refractivity contribution in [3.05, 3.63) is 12.2 Å². The van der Waals surface area contributed by atoms with Gasteiger partial charge in [-0.1, -0.05) is 6.08 Å². The number of carbonyl (C=O) groups is 1. The van der Waals surface area contributed by atoms with Gasteiger partial charge < -0.3 is 4.84 Å². The van der Waals surface area contributed by atoms with Crippen LogP contribution in [0.3, 0.4) is 0 Å². The number of carbonyl (C=O) groups excluding carboxylic acids is 1. The molecule has 0 spiro atoms. The van der Waals surface area contributed by atoms with E-state index < -0.39 is 5.97 Å². The average molecular weight is 101 g/mol. The zero-order valence-corrected chi connectivity index (χ0v) is 4.05. The second-order valence-corrected chi connectivity index (χ2v) is 0.937. The summed E-state index contributed by atoms with van der Waals surface area (Å²) in [5.74, 6) is 3.93. The third-order valence-electron chi connectivity index (χ3n) is 0.419. The van der Waals surface area contributed by atoms with Crippen LogP contribution >= 0.6 is 0 Å². The maximum atomic E-state index is 9.98. The van der Waals surface area contributed by atoms with E-state index in [0.717, 1.165) is 0 Å². The van der Waals surface area contributed by atoms with Crippen LogP contribution in [-0.4, -0.2) is 5.97 Å². The lowest BCUT2D eigenvalue weighted by molar-refractivity contribution is -0.138. The molecular weight excluding hydrogens is 94.0 g/mol. The van der Waals surface area contributed by atoms with Crippen LogP contribution < -0.4 is 5.90 Å². The van der Waals surface area contributed by atoms with Crippen LogP contribution in [0.1, 0.15) is 6.92 Å². The molecule has 40 valence electrons. The smallest absolute Gasteiger partial charge is 0.348 e. The summed E-state index contributed by atoms with van der Waals surface area (Å²) in [5.41, 5.74) is 0. The number of hydrogen-bond donors (Lipinski definition) is 1. The van der Waals surface area contributed by atoms with Gasteiger partial charge in [0.15, 0.2) is 0 Å². The molecule has 3 heteroatoms. The standard InChI is InChI=1S/C4H7NO2/c1-2-3-4(6)7-5/h2-3H,5H2,1H3/b3-2-. The van der Waals surface area contributed by atoms with Crippen molar-refractivity contribution < 1.29 is 9.63 Å². The lowest BCUT2D eigenvalue weighted by Gasteiger charge is -1.83. The van der Waals surface area contributed by atoms with Crippen LogP contribution in [0.15, 0.2) is 12.2 Å². The first kappa shape index (κ1) is 6.17. The zero-order valence-electron chi connectivity index (χ0n) is 4.05. The Bertz CT molecular complexity index is 87.7. The van der Waals surface area contributed by atoms with Crippen LogP contribution in [-0.2, 0) is 9.63 Å². The van der Waals surface area contributed by atoms with E-state index in [1.54, 1.807) is 13.0 Å². The first-order valence-corrected chi connectivity index (χ1v) is 1.84. The molecule has 7 heavy (non-hydrogen) atoms. The molecule has 0 heterocycles. The first-order chi connectivity index (χ1) is 3.31. The SMILES string of the molecule is C/C=C\C(=O)ON. The molecule has 0 atom stereocenters. The summed E-state index contributed by atoms with van der Waals surface area (Å²) in [7, 11) is 0. The van der Waals surface area contributed by atoms with E-state index in [1.165, 1.54) is 6.08 Å². The first-order valence-electron chi connectivity index (χ1n) is 1.84. The molecule has 0 unspecified atom stereocenters. The van der Waals surface area contributed by atoms with Crippen molar-refractivity contribution in [3.63, 3.8) is 0 Å². The van der Waals surface area contributed by atoms with Crippen molar-refractivity contribution in [2.75, 3.05) is 0 Å². The van der Waals surface area contributed by atoms with Gasteiger partial charge in [0.2, 0.25) is 0 Å². The average Bonchev–Trinajstić information content (AvgIpc) is 1.68. The minimum absolute atomic E-state index is 0.525. The summed E-state index contributed by atoms with van der Waals surface area (Å²) >= 11 is 0. The fraction of sp³-hybridized carbons (Fsp3) is 0.250. The van der Waals surface area contributed by atoms with E-state index in [2.05, 4.69) is 10.7 Å². The van der Waals surface area contributed by atoms with Crippen molar-refractivity contribution in [3.8, 4) is 0 Å². The van der Waals surface area contributed by atoms with E-state index in [0.29, 0.717) is 0 Å². The van der Waals surface area contributed by atoms with Gasteiger partial charge in [0.05, 0.1) is 0 Å². The fourth-order valence-electron chi connectivity index (χ4n) is 0.175. The second kappa shape index (κ2) is 3.36. The van der Waals surface area contributed by atoms with Gasteiger partial charge in [-0.2, -0.15) is 5.90 Å². The molecule has 2 N–H and O–H groups in total. The molecule has 0 amide bonds. The summed E-state index contributed by atoms with van der Waals surface area (Å²) < 4.78 is 0. The summed E-state index contributed by atoms with van der Waals surface area (Å²) in [6.07, 6.45) is 2.79. The zero-order chi connectivity index (χ0) is 5.70. The van der Waals surface area contributed by atoms with Crippen LogP contribution in [0.4, 0.5) is 0 Å². The predicted molar refractivity (Wildman–Crippen MR) is 25.1 cm³/mol. The molecule has 0 saturated carbocycles. The van der Waals surface area contributed by atoms with E-state index in [4.69, 9.17) is 0 Å². The lowest BCUT2D eigenvalue weighted by atomic mass is 10.5. The molecule has 0 saturated heterocycles. The van der Waals surface area contributed by atoms with Crippen LogP contribution in [0.2, 0.25) is 0 Å². The highest BCUT2D eigenvalue weighted by Gasteiger charge is 1.85. The number of allylic oxidation sites excluding steroid dienone is 1. The highest BCUT2D eigenvalue weighted by molar-refractivity contribution is 5.81. The Morgan fingerprint density at radius 2 is 2.43 bits per heavy atom. The van der Waals surface area contributed by atoms with Gasteiger partial charge in [0.1, 0.15) is 0 Å². The van der Waals surface area contributed by atoms with E-state index in [1.807, 2.05) is 0 Å². The van der Waals surface area contributed by atoms with Gasteiger partial charge in [0.25, 0.3) is 0 Å². The number of nitrogens with two attached hydrogens (primary N) is 1. The summed E-state index contributed by atoms with van der Waals surface area (Å²) in [4.78, 5) is 13.7. The van der Waals surface area contributed by atoms with E-state index >= 15 is 0 Å². The highest BCUT2D eigenvalue weighted by atomic mass is 16.7. The van der Waals surface area contributed by atoms with E-state index in [9.17, 15) is 4.79 Å². The van der Waals surface area contributed by atoms with E-state index in [-0.39, 0.29) is 0 Å². The molecule has 0 aliphatic carbocycles. The minimum Gasteiger partial charge on any atom is -0.370 e. The monoisotopic (exact) mass is 101 g/mol. The van der Waals surface area contributed by atoms with Crippen LogP contribution in [0, 0.1) is 0 Å². The predicted octanol–water partition coefficient (Wildman–Crippen LogP) is -0.0206.